The lowest BCUT2D eigenvalue weighted by atomic mass is 10.1. The van der Waals surface area contributed by atoms with Crippen LogP contribution in [0.3, 0.4) is 0 Å². The molecule has 0 spiro atoms. The van der Waals surface area contributed by atoms with E-state index < -0.39 is 23.5 Å². The van der Waals surface area contributed by atoms with Gasteiger partial charge in [0.2, 0.25) is 0 Å². The zero-order valence-electron chi connectivity index (χ0n) is 11.7. The Labute approximate surface area is 116 Å². The lowest BCUT2D eigenvalue weighted by molar-refractivity contribution is -0.136. The summed E-state index contributed by atoms with van der Waals surface area (Å²) in [4.78, 5) is 22.2. The maximum atomic E-state index is 13.2. The van der Waals surface area contributed by atoms with Crippen LogP contribution in [-0.4, -0.2) is 22.8 Å². The van der Waals surface area contributed by atoms with Gasteiger partial charge in [-0.1, -0.05) is 0 Å². The molecular formula is C14H18FNO4. The number of aliphatic carboxylic acids is 1. The van der Waals surface area contributed by atoms with Crippen LogP contribution in [0.4, 0.5) is 14.9 Å². The third-order valence-electron chi connectivity index (χ3n) is 2.31. The number of amides is 1. The molecule has 0 atom stereocenters. The molecule has 110 valence electrons. The molecule has 0 unspecified atom stereocenters. The van der Waals surface area contributed by atoms with Crippen LogP contribution in [0.25, 0.3) is 0 Å². The topological polar surface area (TPSA) is 75.6 Å². The van der Waals surface area contributed by atoms with Crippen molar-refractivity contribution in [1.82, 2.24) is 0 Å². The Bertz CT molecular complexity index is 508. The van der Waals surface area contributed by atoms with Crippen molar-refractivity contribution >= 4 is 17.7 Å². The largest absolute Gasteiger partial charge is 0.481 e. The quantitative estimate of drug-likeness (QED) is 0.889. The minimum absolute atomic E-state index is 0.123. The first-order valence-corrected chi connectivity index (χ1v) is 6.17. The summed E-state index contributed by atoms with van der Waals surface area (Å²) in [7, 11) is 0. The number of carbonyl (C=O) groups is 2. The van der Waals surface area contributed by atoms with Gasteiger partial charge in [-0.25, -0.2) is 9.18 Å². The molecule has 2 N–H and O–H groups in total. The molecule has 1 rings (SSSR count). The first kappa shape index (κ1) is 15.9. The standard InChI is InChI=1S/C14H18FNO4/c1-14(2,3)20-13(19)16-11-6-5-10(15)8-9(11)4-7-12(17)18/h5-6,8H,4,7H2,1-3H3,(H,16,19)(H,17,18). The van der Waals surface area contributed by atoms with Crippen LogP contribution < -0.4 is 5.32 Å². The van der Waals surface area contributed by atoms with E-state index in [2.05, 4.69) is 5.32 Å². The minimum Gasteiger partial charge on any atom is -0.481 e. The number of hydrogen-bond acceptors (Lipinski definition) is 3. The fraction of sp³-hybridized carbons (Fsp3) is 0.429. The van der Waals surface area contributed by atoms with Gasteiger partial charge in [0, 0.05) is 12.1 Å². The predicted molar refractivity (Wildman–Crippen MR) is 72.2 cm³/mol. The van der Waals surface area contributed by atoms with Crippen LogP contribution in [0.1, 0.15) is 32.8 Å². The lowest BCUT2D eigenvalue weighted by Gasteiger charge is -2.20. The molecule has 0 aliphatic rings. The van der Waals surface area contributed by atoms with Gasteiger partial charge in [-0.05, 0) is 51.0 Å². The van der Waals surface area contributed by atoms with E-state index in [1.54, 1.807) is 20.8 Å². The van der Waals surface area contributed by atoms with Crippen molar-refractivity contribution < 1.29 is 23.8 Å². The zero-order chi connectivity index (χ0) is 15.3. The van der Waals surface area contributed by atoms with Crippen molar-refractivity contribution in [3.8, 4) is 0 Å². The number of carboxylic acid groups (broad SMARTS) is 1. The predicted octanol–water partition coefficient (Wildman–Crippen LogP) is 3.19. The van der Waals surface area contributed by atoms with Gasteiger partial charge >= 0.3 is 12.1 Å². The Kier molecular flexibility index (Phi) is 5.07. The Morgan fingerprint density at radius 2 is 2.00 bits per heavy atom. The van der Waals surface area contributed by atoms with Crippen molar-refractivity contribution in [2.45, 2.75) is 39.2 Å². The SMILES string of the molecule is CC(C)(C)OC(=O)Nc1ccc(F)cc1CCC(=O)O. The number of ether oxygens (including phenoxy) is 1. The van der Waals surface area contributed by atoms with E-state index in [9.17, 15) is 14.0 Å². The summed E-state index contributed by atoms with van der Waals surface area (Å²) in [5.74, 6) is -1.47. The highest BCUT2D eigenvalue weighted by Gasteiger charge is 2.17. The number of rotatable bonds is 4. The molecule has 0 saturated heterocycles. The van der Waals surface area contributed by atoms with E-state index in [0.717, 1.165) is 0 Å². The number of benzene rings is 1. The lowest BCUT2D eigenvalue weighted by Crippen LogP contribution is -2.27. The van der Waals surface area contributed by atoms with E-state index >= 15 is 0 Å². The Morgan fingerprint density at radius 3 is 2.55 bits per heavy atom. The summed E-state index contributed by atoms with van der Waals surface area (Å²) in [6.07, 6.45) is -0.689. The van der Waals surface area contributed by atoms with Gasteiger partial charge < -0.3 is 9.84 Å². The van der Waals surface area contributed by atoms with Crippen LogP contribution in [0.2, 0.25) is 0 Å². The van der Waals surface area contributed by atoms with Crippen molar-refractivity contribution in [2.75, 3.05) is 5.32 Å². The van der Waals surface area contributed by atoms with Crippen LogP contribution in [0.5, 0.6) is 0 Å². The summed E-state index contributed by atoms with van der Waals surface area (Å²) < 4.78 is 18.3. The highest BCUT2D eigenvalue weighted by molar-refractivity contribution is 5.86. The van der Waals surface area contributed by atoms with Crippen molar-refractivity contribution in [1.29, 1.82) is 0 Å². The summed E-state index contributed by atoms with van der Waals surface area (Å²) in [5.41, 5.74) is 0.117. The fourth-order valence-corrected chi connectivity index (χ4v) is 1.55. The second-order valence-corrected chi connectivity index (χ2v) is 5.32. The van der Waals surface area contributed by atoms with Gasteiger partial charge in [0.15, 0.2) is 0 Å². The monoisotopic (exact) mass is 283 g/mol. The molecule has 0 heterocycles. The van der Waals surface area contributed by atoms with E-state index in [0.29, 0.717) is 11.3 Å². The molecule has 1 aromatic rings. The number of anilines is 1. The van der Waals surface area contributed by atoms with Crippen LogP contribution in [0, 0.1) is 5.82 Å². The number of carbonyl (C=O) groups excluding carboxylic acids is 1. The van der Waals surface area contributed by atoms with E-state index in [1.165, 1.54) is 18.2 Å². The molecule has 1 aromatic carbocycles. The molecule has 0 bridgehead atoms. The number of hydrogen-bond donors (Lipinski definition) is 2. The molecular weight excluding hydrogens is 265 g/mol. The molecule has 5 nitrogen and oxygen atoms in total. The molecule has 0 aliphatic carbocycles. The first-order valence-electron chi connectivity index (χ1n) is 6.17. The molecule has 0 radical (unpaired) electrons. The normalized spacial score (nSPS) is 11.0. The average molecular weight is 283 g/mol. The van der Waals surface area contributed by atoms with Crippen molar-refractivity contribution in [3.63, 3.8) is 0 Å². The minimum atomic E-state index is -0.988. The van der Waals surface area contributed by atoms with Gasteiger partial charge in [0.1, 0.15) is 11.4 Å². The summed E-state index contributed by atoms with van der Waals surface area (Å²) in [6, 6.07) is 3.78. The molecule has 0 saturated carbocycles. The molecule has 0 fully saturated rings. The maximum Gasteiger partial charge on any atom is 0.412 e. The highest BCUT2D eigenvalue weighted by atomic mass is 19.1. The highest BCUT2D eigenvalue weighted by Crippen LogP contribution is 2.20. The van der Waals surface area contributed by atoms with Crippen molar-refractivity contribution in [2.24, 2.45) is 0 Å². The maximum absolute atomic E-state index is 13.2. The van der Waals surface area contributed by atoms with Gasteiger partial charge in [-0.2, -0.15) is 0 Å². The number of nitrogens with one attached hydrogen (secondary N) is 1. The number of aryl methyl sites for hydroxylation is 1. The number of halogens is 1. The van der Waals surface area contributed by atoms with Crippen LogP contribution in [-0.2, 0) is 16.0 Å². The van der Waals surface area contributed by atoms with E-state index in [-0.39, 0.29) is 12.8 Å². The molecule has 20 heavy (non-hydrogen) atoms. The third-order valence-corrected chi connectivity index (χ3v) is 2.31. The Hall–Kier alpha value is -2.11. The van der Waals surface area contributed by atoms with Crippen LogP contribution in [0.15, 0.2) is 18.2 Å². The van der Waals surface area contributed by atoms with E-state index in [1.807, 2.05) is 0 Å². The van der Waals surface area contributed by atoms with Crippen molar-refractivity contribution in [3.05, 3.63) is 29.6 Å². The second-order valence-electron chi connectivity index (χ2n) is 5.32. The Morgan fingerprint density at radius 1 is 1.35 bits per heavy atom. The van der Waals surface area contributed by atoms with Gasteiger partial charge in [-0.3, -0.25) is 10.1 Å². The van der Waals surface area contributed by atoms with E-state index in [4.69, 9.17) is 9.84 Å². The fourth-order valence-electron chi connectivity index (χ4n) is 1.55. The second kappa shape index (κ2) is 6.36. The first-order chi connectivity index (χ1) is 9.17. The zero-order valence-corrected chi connectivity index (χ0v) is 11.7. The van der Waals surface area contributed by atoms with Crippen LogP contribution >= 0.6 is 0 Å². The smallest absolute Gasteiger partial charge is 0.412 e. The molecule has 0 aliphatic heterocycles. The molecule has 6 heteroatoms. The number of carboxylic acids is 1. The average Bonchev–Trinajstić information content (AvgIpc) is 2.26. The molecule has 1 amide bonds. The van der Waals surface area contributed by atoms with Gasteiger partial charge in [0.05, 0.1) is 0 Å². The summed E-state index contributed by atoms with van der Waals surface area (Å²) in [6.45, 7) is 5.17. The van der Waals surface area contributed by atoms with Gasteiger partial charge in [-0.15, -0.1) is 0 Å². The Balaban J connectivity index is 2.83. The summed E-state index contributed by atoms with van der Waals surface area (Å²) in [5, 5.41) is 11.2. The third kappa shape index (κ3) is 5.69. The molecule has 0 aromatic heterocycles. The summed E-state index contributed by atoms with van der Waals surface area (Å²) >= 11 is 0. The van der Waals surface area contributed by atoms with Gasteiger partial charge in [0.25, 0.3) is 0 Å².